The molecule has 0 saturated carbocycles. The Labute approximate surface area is 97.9 Å². The summed E-state index contributed by atoms with van der Waals surface area (Å²) in [5.41, 5.74) is 4.59. The highest BCUT2D eigenvalue weighted by molar-refractivity contribution is 5.58. The van der Waals surface area contributed by atoms with Crippen molar-refractivity contribution in [2.45, 2.75) is 27.2 Å². The Morgan fingerprint density at radius 2 is 1.44 bits per heavy atom. The average molecular weight is 220 g/mol. The molecule has 1 aromatic carbocycles. The third-order valence-electron chi connectivity index (χ3n) is 3.07. The summed E-state index contributed by atoms with van der Waals surface area (Å²) in [5, 5.41) is 0. The van der Waals surface area contributed by atoms with Crippen molar-refractivity contribution in [3.63, 3.8) is 0 Å². The van der Waals surface area contributed by atoms with Gasteiger partial charge in [0, 0.05) is 5.56 Å². The molecular formula is C14H20O2. The summed E-state index contributed by atoms with van der Waals surface area (Å²) in [6, 6.07) is 0. The van der Waals surface area contributed by atoms with E-state index in [2.05, 4.69) is 27.4 Å². The highest BCUT2D eigenvalue weighted by atomic mass is 16.5. The van der Waals surface area contributed by atoms with Gasteiger partial charge in [-0.15, -0.1) is 6.58 Å². The summed E-state index contributed by atoms with van der Waals surface area (Å²) < 4.78 is 10.9. The second kappa shape index (κ2) is 5.06. The predicted molar refractivity (Wildman–Crippen MR) is 67.7 cm³/mol. The molecule has 0 bridgehead atoms. The average Bonchev–Trinajstić information content (AvgIpc) is 2.27. The lowest BCUT2D eigenvalue weighted by Crippen LogP contribution is -2.03. The van der Waals surface area contributed by atoms with Crippen molar-refractivity contribution in [3.05, 3.63) is 34.9 Å². The molecule has 88 valence electrons. The van der Waals surface area contributed by atoms with Crippen molar-refractivity contribution in [1.82, 2.24) is 0 Å². The van der Waals surface area contributed by atoms with Crippen molar-refractivity contribution in [1.29, 1.82) is 0 Å². The lowest BCUT2D eigenvalue weighted by molar-refractivity contribution is 0.391. The zero-order valence-electron chi connectivity index (χ0n) is 10.8. The van der Waals surface area contributed by atoms with Crippen molar-refractivity contribution in [2.75, 3.05) is 14.2 Å². The van der Waals surface area contributed by atoms with Gasteiger partial charge in [-0.2, -0.15) is 0 Å². The molecule has 0 fully saturated rings. The molecular weight excluding hydrogens is 200 g/mol. The summed E-state index contributed by atoms with van der Waals surface area (Å²) in [7, 11) is 3.42. The van der Waals surface area contributed by atoms with Crippen LogP contribution in [0.4, 0.5) is 0 Å². The van der Waals surface area contributed by atoms with Crippen molar-refractivity contribution in [2.24, 2.45) is 0 Å². The van der Waals surface area contributed by atoms with Crippen LogP contribution in [0.1, 0.15) is 22.3 Å². The first-order chi connectivity index (χ1) is 7.58. The molecule has 0 saturated heterocycles. The third-order valence-corrected chi connectivity index (χ3v) is 3.07. The summed E-state index contributed by atoms with van der Waals surface area (Å²) in [5.74, 6) is 1.91. The monoisotopic (exact) mass is 220 g/mol. The van der Waals surface area contributed by atoms with E-state index in [1.807, 2.05) is 6.08 Å². The predicted octanol–water partition coefficient (Wildman–Crippen LogP) is 3.36. The Morgan fingerprint density at radius 3 is 1.88 bits per heavy atom. The zero-order valence-corrected chi connectivity index (χ0v) is 10.8. The van der Waals surface area contributed by atoms with Crippen LogP contribution >= 0.6 is 0 Å². The fourth-order valence-electron chi connectivity index (χ4n) is 2.13. The molecule has 2 nitrogen and oxygen atoms in total. The molecule has 0 aliphatic rings. The molecule has 1 rings (SSSR count). The van der Waals surface area contributed by atoms with Crippen LogP contribution in [-0.4, -0.2) is 14.2 Å². The first-order valence-electron chi connectivity index (χ1n) is 5.39. The number of allylic oxidation sites excluding steroid dienone is 1. The Balaban J connectivity index is 3.56. The van der Waals surface area contributed by atoms with Gasteiger partial charge < -0.3 is 9.47 Å². The third kappa shape index (κ3) is 1.92. The molecule has 0 atom stereocenters. The van der Waals surface area contributed by atoms with Crippen LogP contribution < -0.4 is 9.47 Å². The fourth-order valence-corrected chi connectivity index (χ4v) is 2.13. The standard InChI is InChI=1S/C14H20O2/c1-7-8-12-11(4)13(15-5)9(2)10(3)14(12)16-6/h7H,1,8H2,2-6H3. The normalized spacial score (nSPS) is 10.1. The van der Waals surface area contributed by atoms with Crippen molar-refractivity contribution < 1.29 is 9.47 Å². The number of hydrogen-bond acceptors (Lipinski definition) is 2. The van der Waals surface area contributed by atoms with Crippen LogP contribution in [0.3, 0.4) is 0 Å². The first-order valence-corrected chi connectivity index (χ1v) is 5.39. The second-order valence-corrected chi connectivity index (χ2v) is 3.91. The topological polar surface area (TPSA) is 18.5 Å². The minimum atomic E-state index is 0.798. The Bertz CT molecular complexity index is 406. The molecule has 0 aromatic heterocycles. The van der Waals surface area contributed by atoms with Gasteiger partial charge in [-0.1, -0.05) is 6.08 Å². The minimum absolute atomic E-state index is 0.798. The molecule has 0 radical (unpaired) electrons. The molecule has 2 heteroatoms. The van der Waals surface area contributed by atoms with Crippen molar-refractivity contribution >= 4 is 0 Å². The van der Waals surface area contributed by atoms with E-state index in [0.717, 1.165) is 40.2 Å². The summed E-state index contributed by atoms with van der Waals surface area (Å²) >= 11 is 0. The highest BCUT2D eigenvalue weighted by Crippen LogP contribution is 2.37. The van der Waals surface area contributed by atoms with Crippen LogP contribution in [0.15, 0.2) is 12.7 Å². The largest absolute Gasteiger partial charge is 0.496 e. The Morgan fingerprint density at radius 1 is 0.938 bits per heavy atom. The minimum Gasteiger partial charge on any atom is -0.496 e. The fraction of sp³-hybridized carbons (Fsp3) is 0.429. The summed E-state index contributed by atoms with van der Waals surface area (Å²) in [6.45, 7) is 9.96. The summed E-state index contributed by atoms with van der Waals surface area (Å²) in [4.78, 5) is 0. The van der Waals surface area contributed by atoms with Gasteiger partial charge >= 0.3 is 0 Å². The number of ether oxygens (including phenoxy) is 2. The molecule has 0 aliphatic carbocycles. The first kappa shape index (κ1) is 12.6. The van der Waals surface area contributed by atoms with Gasteiger partial charge in [-0.25, -0.2) is 0 Å². The van der Waals surface area contributed by atoms with Crippen LogP contribution in [0, 0.1) is 20.8 Å². The smallest absolute Gasteiger partial charge is 0.126 e. The van der Waals surface area contributed by atoms with E-state index >= 15 is 0 Å². The molecule has 1 aromatic rings. The van der Waals surface area contributed by atoms with E-state index in [1.165, 1.54) is 0 Å². The van der Waals surface area contributed by atoms with Crippen LogP contribution in [0.2, 0.25) is 0 Å². The molecule has 0 spiro atoms. The van der Waals surface area contributed by atoms with Gasteiger partial charge in [0.2, 0.25) is 0 Å². The van der Waals surface area contributed by atoms with Gasteiger partial charge in [0.05, 0.1) is 14.2 Å². The van der Waals surface area contributed by atoms with E-state index in [0.29, 0.717) is 0 Å². The molecule has 0 unspecified atom stereocenters. The molecule has 0 N–H and O–H groups in total. The van der Waals surface area contributed by atoms with Crippen LogP contribution in [0.25, 0.3) is 0 Å². The van der Waals surface area contributed by atoms with Gasteiger partial charge in [0.1, 0.15) is 11.5 Å². The van der Waals surface area contributed by atoms with E-state index in [4.69, 9.17) is 9.47 Å². The van der Waals surface area contributed by atoms with Crippen molar-refractivity contribution in [3.8, 4) is 11.5 Å². The number of hydrogen-bond donors (Lipinski definition) is 0. The SMILES string of the molecule is C=CCc1c(C)c(OC)c(C)c(C)c1OC. The lowest BCUT2D eigenvalue weighted by atomic mass is 9.95. The van der Waals surface area contributed by atoms with Gasteiger partial charge in [-0.05, 0) is 43.9 Å². The van der Waals surface area contributed by atoms with Gasteiger partial charge in [0.25, 0.3) is 0 Å². The molecule has 0 amide bonds. The maximum Gasteiger partial charge on any atom is 0.126 e. The highest BCUT2D eigenvalue weighted by Gasteiger charge is 2.17. The van der Waals surface area contributed by atoms with Crippen LogP contribution in [-0.2, 0) is 6.42 Å². The van der Waals surface area contributed by atoms with Gasteiger partial charge in [-0.3, -0.25) is 0 Å². The number of rotatable bonds is 4. The van der Waals surface area contributed by atoms with E-state index < -0.39 is 0 Å². The maximum absolute atomic E-state index is 5.49. The van der Waals surface area contributed by atoms with E-state index in [-0.39, 0.29) is 0 Å². The Hall–Kier alpha value is -1.44. The number of benzene rings is 1. The number of methoxy groups -OCH3 is 2. The second-order valence-electron chi connectivity index (χ2n) is 3.91. The Kier molecular flexibility index (Phi) is 3.99. The summed E-state index contributed by atoms with van der Waals surface area (Å²) in [6.07, 6.45) is 2.69. The van der Waals surface area contributed by atoms with E-state index in [1.54, 1.807) is 14.2 Å². The lowest BCUT2D eigenvalue weighted by Gasteiger charge is -2.19. The molecule has 0 aliphatic heterocycles. The maximum atomic E-state index is 5.49. The van der Waals surface area contributed by atoms with Gasteiger partial charge in [0.15, 0.2) is 0 Å². The van der Waals surface area contributed by atoms with Crippen LogP contribution in [0.5, 0.6) is 11.5 Å². The zero-order chi connectivity index (χ0) is 12.3. The molecule has 16 heavy (non-hydrogen) atoms. The quantitative estimate of drug-likeness (QED) is 0.724. The van der Waals surface area contributed by atoms with E-state index in [9.17, 15) is 0 Å². The molecule has 0 heterocycles.